The molecule has 2 N–H and O–H groups in total. The minimum absolute atomic E-state index is 0.0725. The highest BCUT2D eigenvalue weighted by atomic mass is 16.4. The third-order valence-corrected chi connectivity index (χ3v) is 2.66. The largest absolute Gasteiger partial charge is 0.481 e. The third kappa shape index (κ3) is 3.77. The summed E-state index contributed by atoms with van der Waals surface area (Å²) >= 11 is 0. The fourth-order valence-electron chi connectivity index (χ4n) is 1.74. The van der Waals surface area contributed by atoms with Gasteiger partial charge < -0.3 is 10.4 Å². The summed E-state index contributed by atoms with van der Waals surface area (Å²) in [7, 11) is 0. The highest BCUT2D eigenvalue weighted by Gasteiger charge is 2.06. The molecule has 1 aromatic carbocycles. The molecule has 2 rings (SSSR count). The fourth-order valence-corrected chi connectivity index (χ4v) is 1.74. The van der Waals surface area contributed by atoms with Crippen molar-refractivity contribution in [3.63, 3.8) is 0 Å². The van der Waals surface area contributed by atoms with Gasteiger partial charge in [-0.2, -0.15) is 0 Å². The van der Waals surface area contributed by atoms with Crippen LogP contribution in [0, 0.1) is 0 Å². The molecule has 5 heteroatoms. The molecule has 1 amide bonds. The molecular formula is C14H14N2O3. The topological polar surface area (TPSA) is 79.3 Å². The maximum absolute atomic E-state index is 11.6. The SMILES string of the molecule is O=C(O)CCNC(=O)Cc1ccc2ccccc2n1. The van der Waals surface area contributed by atoms with Gasteiger partial charge in [0.05, 0.1) is 24.1 Å². The summed E-state index contributed by atoms with van der Waals surface area (Å²) in [6, 6.07) is 11.4. The van der Waals surface area contributed by atoms with Crippen LogP contribution < -0.4 is 5.32 Å². The maximum Gasteiger partial charge on any atom is 0.305 e. The normalized spacial score (nSPS) is 10.3. The van der Waals surface area contributed by atoms with Crippen molar-refractivity contribution in [2.24, 2.45) is 0 Å². The molecule has 0 fully saturated rings. The smallest absolute Gasteiger partial charge is 0.305 e. The van der Waals surface area contributed by atoms with Crippen LogP contribution in [0.1, 0.15) is 12.1 Å². The van der Waals surface area contributed by atoms with Crippen molar-refractivity contribution >= 4 is 22.8 Å². The van der Waals surface area contributed by atoms with Gasteiger partial charge >= 0.3 is 5.97 Å². The lowest BCUT2D eigenvalue weighted by atomic mass is 10.2. The van der Waals surface area contributed by atoms with Gasteiger partial charge in [-0.3, -0.25) is 14.6 Å². The Balaban J connectivity index is 1.97. The molecule has 1 heterocycles. The second kappa shape index (κ2) is 5.95. The average molecular weight is 258 g/mol. The quantitative estimate of drug-likeness (QED) is 0.848. The lowest BCUT2D eigenvalue weighted by molar-refractivity contribution is -0.136. The van der Waals surface area contributed by atoms with E-state index >= 15 is 0 Å². The van der Waals surface area contributed by atoms with E-state index in [0.717, 1.165) is 10.9 Å². The van der Waals surface area contributed by atoms with Crippen molar-refractivity contribution < 1.29 is 14.7 Å². The van der Waals surface area contributed by atoms with Crippen molar-refractivity contribution in [2.45, 2.75) is 12.8 Å². The van der Waals surface area contributed by atoms with Crippen molar-refractivity contribution in [3.05, 3.63) is 42.1 Å². The van der Waals surface area contributed by atoms with E-state index in [4.69, 9.17) is 5.11 Å². The van der Waals surface area contributed by atoms with Gasteiger partial charge in [0, 0.05) is 11.9 Å². The Kier molecular flexibility index (Phi) is 4.07. The van der Waals surface area contributed by atoms with Crippen molar-refractivity contribution in [1.29, 1.82) is 0 Å². The van der Waals surface area contributed by atoms with E-state index in [0.29, 0.717) is 5.69 Å². The van der Waals surface area contributed by atoms with Crippen LogP contribution in [-0.4, -0.2) is 28.5 Å². The van der Waals surface area contributed by atoms with Crippen LogP contribution in [0.4, 0.5) is 0 Å². The van der Waals surface area contributed by atoms with E-state index in [1.165, 1.54) is 0 Å². The van der Waals surface area contributed by atoms with E-state index in [9.17, 15) is 9.59 Å². The number of hydrogen-bond acceptors (Lipinski definition) is 3. The summed E-state index contributed by atoms with van der Waals surface area (Å²) in [6.07, 6.45) is 0.0847. The molecule has 0 unspecified atom stereocenters. The standard InChI is InChI=1S/C14H14N2O3/c17-13(15-8-7-14(18)19)9-11-6-5-10-3-1-2-4-12(10)16-11/h1-6H,7-9H2,(H,15,17)(H,18,19). The number of fused-ring (bicyclic) bond motifs is 1. The molecular weight excluding hydrogens is 244 g/mol. The molecule has 0 saturated heterocycles. The Morgan fingerprint density at radius 1 is 1.16 bits per heavy atom. The zero-order chi connectivity index (χ0) is 13.7. The van der Waals surface area contributed by atoms with E-state index in [2.05, 4.69) is 10.3 Å². The van der Waals surface area contributed by atoms with Gasteiger partial charge in [0.2, 0.25) is 5.91 Å². The first-order chi connectivity index (χ1) is 9.15. The number of hydrogen-bond donors (Lipinski definition) is 2. The Hall–Kier alpha value is -2.43. The number of amides is 1. The Morgan fingerprint density at radius 3 is 2.74 bits per heavy atom. The first-order valence-corrected chi connectivity index (χ1v) is 5.98. The lowest BCUT2D eigenvalue weighted by Crippen LogP contribution is -2.27. The number of para-hydroxylation sites is 1. The molecule has 0 spiro atoms. The number of aromatic nitrogens is 1. The molecule has 98 valence electrons. The molecule has 5 nitrogen and oxygen atoms in total. The molecule has 0 radical (unpaired) electrons. The summed E-state index contributed by atoms with van der Waals surface area (Å²) in [5, 5.41) is 12.0. The molecule has 0 saturated carbocycles. The molecule has 0 aliphatic carbocycles. The van der Waals surface area contributed by atoms with Crippen LogP contribution in [-0.2, 0) is 16.0 Å². The number of aliphatic carboxylic acids is 1. The van der Waals surface area contributed by atoms with Gasteiger partial charge in [-0.05, 0) is 12.1 Å². The van der Waals surface area contributed by atoms with Crippen molar-refractivity contribution in [3.8, 4) is 0 Å². The second-order valence-corrected chi connectivity index (χ2v) is 4.17. The second-order valence-electron chi connectivity index (χ2n) is 4.17. The molecule has 2 aromatic rings. The van der Waals surface area contributed by atoms with Gasteiger partial charge in [0.25, 0.3) is 0 Å². The average Bonchev–Trinajstić information content (AvgIpc) is 2.38. The van der Waals surface area contributed by atoms with Crippen LogP contribution >= 0.6 is 0 Å². The highest BCUT2D eigenvalue weighted by molar-refractivity contribution is 5.81. The van der Waals surface area contributed by atoms with E-state index in [-0.39, 0.29) is 25.3 Å². The van der Waals surface area contributed by atoms with Crippen LogP contribution in [0.15, 0.2) is 36.4 Å². The van der Waals surface area contributed by atoms with Gasteiger partial charge in [-0.15, -0.1) is 0 Å². The van der Waals surface area contributed by atoms with Crippen LogP contribution in [0.25, 0.3) is 10.9 Å². The third-order valence-electron chi connectivity index (χ3n) is 2.66. The highest BCUT2D eigenvalue weighted by Crippen LogP contribution is 2.11. The number of carboxylic acid groups (broad SMARTS) is 1. The Labute approximate surface area is 110 Å². The predicted octanol–water partition coefficient (Wildman–Crippen LogP) is 1.37. The molecule has 1 aromatic heterocycles. The van der Waals surface area contributed by atoms with Gasteiger partial charge in [-0.1, -0.05) is 24.3 Å². The summed E-state index contributed by atoms with van der Waals surface area (Å²) in [5.41, 5.74) is 1.52. The zero-order valence-corrected chi connectivity index (χ0v) is 10.3. The number of nitrogens with one attached hydrogen (secondary N) is 1. The van der Waals surface area contributed by atoms with E-state index < -0.39 is 5.97 Å². The molecule has 0 bridgehead atoms. The Bertz CT molecular complexity index is 610. The van der Waals surface area contributed by atoms with Gasteiger partial charge in [0.1, 0.15) is 0 Å². The van der Waals surface area contributed by atoms with Crippen LogP contribution in [0.2, 0.25) is 0 Å². The predicted molar refractivity (Wildman–Crippen MR) is 70.7 cm³/mol. The molecule has 0 aliphatic rings. The van der Waals surface area contributed by atoms with Crippen LogP contribution in [0.5, 0.6) is 0 Å². The van der Waals surface area contributed by atoms with Crippen molar-refractivity contribution in [2.75, 3.05) is 6.54 Å². The van der Waals surface area contributed by atoms with Crippen molar-refractivity contribution in [1.82, 2.24) is 10.3 Å². The summed E-state index contributed by atoms with van der Waals surface area (Å²) in [6.45, 7) is 0.141. The number of rotatable bonds is 5. The van der Waals surface area contributed by atoms with Gasteiger partial charge in [-0.25, -0.2) is 0 Å². The molecule has 19 heavy (non-hydrogen) atoms. The van der Waals surface area contributed by atoms with E-state index in [1.54, 1.807) is 6.07 Å². The maximum atomic E-state index is 11.6. The van der Waals surface area contributed by atoms with Crippen LogP contribution in [0.3, 0.4) is 0 Å². The minimum atomic E-state index is -0.927. The minimum Gasteiger partial charge on any atom is -0.481 e. The molecule has 0 atom stereocenters. The molecule has 0 aliphatic heterocycles. The monoisotopic (exact) mass is 258 g/mol. The first-order valence-electron chi connectivity index (χ1n) is 5.98. The van der Waals surface area contributed by atoms with E-state index in [1.807, 2.05) is 30.3 Å². The van der Waals surface area contributed by atoms with Gasteiger partial charge in [0.15, 0.2) is 0 Å². The lowest BCUT2D eigenvalue weighted by Gasteiger charge is -2.04. The summed E-state index contributed by atoms with van der Waals surface area (Å²) < 4.78 is 0. The fraction of sp³-hybridized carbons (Fsp3) is 0.214. The number of carboxylic acids is 1. The number of benzene rings is 1. The summed E-state index contributed by atoms with van der Waals surface area (Å²) in [4.78, 5) is 26.3. The Morgan fingerprint density at radius 2 is 1.95 bits per heavy atom. The number of carbonyl (C=O) groups excluding carboxylic acids is 1. The summed E-state index contributed by atoms with van der Waals surface area (Å²) in [5.74, 6) is -1.15. The number of pyridine rings is 1. The first kappa shape index (κ1) is 13.0. The number of carbonyl (C=O) groups is 2. The number of nitrogens with zero attached hydrogens (tertiary/aromatic N) is 1. The zero-order valence-electron chi connectivity index (χ0n) is 10.3.